The molecule has 0 unspecified atom stereocenters. The van der Waals surface area contributed by atoms with E-state index in [0.29, 0.717) is 26.4 Å². The van der Waals surface area contributed by atoms with Crippen molar-refractivity contribution < 1.29 is 9.59 Å². The molecule has 0 bridgehead atoms. The van der Waals surface area contributed by atoms with Crippen LogP contribution in [0.15, 0.2) is 41.2 Å². The van der Waals surface area contributed by atoms with Gasteiger partial charge in [-0.05, 0) is 42.8 Å². The van der Waals surface area contributed by atoms with E-state index in [1.807, 2.05) is 6.92 Å². The van der Waals surface area contributed by atoms with Crippen molar-refractivity contribution in [3.8, 4) is 0 Å². The van der Waals surface area contributed by atoms with Gasteiger partial charge in [0.15, 0.2) is 0 Å². The van der Waals surface area contributed by atoms with Crippen LogP contribution in [0.4, 0.5) is 23.1 Å². The number of aromatic nitrogens is 2. The first-order valence-electron chi connectivity index (χ1n) is 9.44. The number of benzene rings is 2. The Hall–Kier alpha value is -3.07. The van der Waals surface area contributed by atoms with Crippen molar-refractivity contribution in [2.24, 2.45) is 0 Å². The molecule has 0 radical (unpaired) electrons. The minimum absolute atomic E-state index is 0.00672. The summed E-state index contributed by atoms with van der Waals surface area (Å²) in [5.74, 6) is -1.99. The van der Waals surface area contributed by atoms with Crippen molar-refractivity contribution in [3.05, 3.63) is 72.9 Å². The summed E-state index contributed by atoms with van der Waals surface area (Å²) < 4.78 is 0. The molecule has 2 heterocycles. The van der Waals surface area contributed by atoms with Gasteiger partial charge in [0.2, 0.25) is 17.8 Å². The second-order valence-corrected chi connectivity index (χ2v) is 8.45. The van der Waals surface area contributed by atoms with Crippen LogP contribution in [0, 0.1) is 6.92 Å². The molecule has 1 atom stereocenters. The number of hydrogen-bond donors (Lipinski definition) is 4. The number of carbonyl (C=O) groups excluding carboxylic acids is 2. The number of hydrogen-bond acceptors (Lipinski definition) is 5. The molecule has 0 fully saturated rings. The van der Waals surface area contributed by atoms with Crippen molar-refractivity contribution in [2.75, 3.05) is 16.0 Å². The Morgan fingerprint density at radius 2 is 1.78 bits per heavy atom. The summed E-state index contributed by atoms with van der Waals surface area (Å²) in [6.07, 6.45) is -0.205. The van der Waals surface area contributed by atoms with Gasteiger partial charge in [0, 0.05) is 11.4 Å². The Morgan fingerprint density at radius 1 is 1.06 bits per heavy atom. The first-order chi connectivity index (χ1) is 15.2. The lowest BCUT2D eigenvalue weighted by atomic mass is 9.92. The quantitative estimate of drug-likeness (QED) is 0.416. The third kappa shape index (κ3) is 4.57. The highest BCUT2D eigenvalue weighted by Crippen LogP contribution is 2.32. The zero-order chi connectivity index (χ0) is 23.0. The topological polar surface area (TPSA) is 116 Å². The van der Waals surface area contributed by atoms with Crippen LogP contribution in [0.25, 0.3) is 0 Å². The third-order valence-electron chi connectivity index (χ3n) is 4.83. The second-order valence-electron chi connectivity index (χ2n) is 7.20. The Balaban J connectivity index is 1.65. The Bertz CT molecular complexity index is 1310. The predicted molar refractivity (Wildman–Crippen MR) is 125 cm³/mol. The van der Waals surface area contributed by atoms with Gasteiger partial charge in [-0.3, -0.25) is 19.4 Å². The maximum atomic E-state index is 12.9. The minimum atomic E-state index is -1.04. The van der Waals surface area contributed by atoms with Crippen LogP contribution in [-0.4, -0.2) is 21.8 Å². The molecule has 0 saturated heterocycles. The van der Waals surface area contributed by atoms with Gasteiger partial charge in [0.1, 0.15) is 5.82 Å². The summed E-state index contributed by atoms with van der Waals surface area (Å²) in [5, 5.41) is 9.22. The van der Waals surface area contributed by atoms with Crippen LogP contribution in [0.3, 0.4) is 0 Å². The van der Waals surface area contributed by atoms with E-state index >= 15 is 0 Å². The van der Waals surface area contributed by atoms with Gasteiger partial charge < -0.3 is 16.0 Å². The number of halogens is 3. The van der Waals surface area contributed by atoms with E-state index < -0.39 is 23.3 Å². The van der Waals surface area contributed by atoms with Gasteiger partial charge in [-0.1, -0.05) is 40.9 Å². The summed E-state index contributed by atoms with van der Waals surface area (Å²) in [6.45, 7) is 1.87. The van der Waals surface area contributed by atoms with Gasteiger partial charge in [-0.25, -0.2) is 0 Å². The average Bonchev–Trinajstić information content (AvgIpc) is 2.71. The zero-order valence-electron chi connectivity index (χ0n) is 16.6. The molecule has 2 aromatic carbocycles. The molecule has 32 heavy (non-hydrogen) atoms. The van der Waals surface area contributed by atoms with Gasteiger partial charge in [-0.15, -0.1) is 0 Å². The fourth-order valence-electron chi connectivity index (χ4n) is 3.31. The van der Waals surface area contributed by atoms with Crippen LogP contribution in [0.5, 0.6) is 0 Å². The molecule has 1 aliphatic heterocycles. The summed E-state index contributed by atoms with van der Waals surface area (Å²) in [5.41, 5.74) is 1.24. The van der Waals surface area contributed by atoms with Crippen LogP contribution < -0.4 is 21.5 Å². The number of aryl methyl sites for hydroxylation is 1. The average molecular weight is 493 g/mol. The van der Waals surface area contributed by atoms with Crippen LogP contribution in [0.2, 0.25) is 15.1 Å². The van der Waals surface area contributed by atoms with Crippen LogP contribution in [-0.2, 0) is 9.59 Å². The second kappa shape index (κ2) is 8.82. The highest BCUT2D eigenvalue weighted by molar-refractivity contribution is 6.36. The van der Waals surface area contributed by atoms with E-state index in [1.54, 1.807) is 30.3 Å². The molecule has 8 nitrogen and oxygen atoms in total. The summed E-state index contributed by atoms with van der Waals surface area (Å²) in [6, 6.07) is 9.91. The number of carbonyl (C=O) groups is 2. The Morgan fingerprint density at radius 3 is 2.50 bits per heavy atom. The van der Waals surface area contributed by atoms with E-state index in [4.69, 9.17) is 34.8 Å². The zero-order valence-corrected chi connectivity index (χ0v) is 18.8. The lowest BCUT2D eigenvalue weighted by molar-refractivity contribution is -0.123. The van der Waals surface area contributed by atoms with Crippen molar-refractivity contribution in [2.45, 2.75) is 19.3 Å². The molecule has 4 rings (SSSR count). The lowest BCUT2D eigenvalue weighted by Gasteiger charge is -2.24. The molecule has 2 amide bonds. The van der Waals surface area contributed by atoms with E-state index in [2.05, 4.69) is 25.9 Å². The number of H-pyrrole nitrogens is 1. The van der Waals surface area contributed by atoms with Crippen molar-refractivity contribution in [1.82, 2.24) is 9.97 Å². The highest BCUT2D eigenvalue weighted by Gasteiger charge is 2.35. The largest absolute Gasteiger partial charge is 0.324 e. The van der Waals surface area contributed by atoms with Gasteiger partial charge in [0.25, 0.3) is 5.56 Å². The van der Waals surface area contributed by atoms with E-state index in [-0.39, 0.29) is 23.8 Å². The molecule has 0 spiro atoms. The molecule has 164 valence electrons. The molecule has 11 heteroatoms. The number of aromatic amines is 1. The summed E-state index contributed by atoms with van der Waals surface area (Å²) >= 11 is 18.2. The van der Waals surface area contributed by atoms with Crippen molar-refractivity contribution in [3.63, 3.8) is 0 Å². The third-order valence-corrected chi connectivity index (χ3v) is 5.69. The Labute approximate surface area is 197 Å². The number of anilines is 4. The lowest BCUT2D eigenvalue weighted by Crippen LogP contribution is -2.36. The normalized spacial score (nSPS) is 15.0. The molecular formula is C21H16Cl3N5O3. The maximum absolute atomic E-state index is 12.9. The van der Waals surface area contributed by atoms with Crippen molar-refractivity contribution >= 4 is 69.8 Å². The van der Waals surface area contributed by atoms with Crippen LogP contribution >= 0.6 is 34.8 Å². The number of nitrogens with one attached hydrogen (secondary N) is 4. The first-order valence-corrected chi connectivity index (χ1v) is 10.6. The SMILES string of the molecule is Cc1ccc(NC(=O)[C@@H]2CC(=O)Nc3nc(Nc4ccc(Cl)cc4Cl)[nH]c(=O)c32)c(Cl)c1. The Kier molecular flexibility index (Phi) is 6.10. The summed E-state index contributed by atoms with van der Waals surface area (Å²) in [7, 11) is 0. The molecule has 1 aromatic heterocycles. The molecule has 4 N–H and O–H groups in total. The molecular weight excluding hydrogens is 477 g/mol. The van der Waals surface area contributed by atoms with E-state index in [0.717, 1.165) is 5.56 Å². The smallest absolute Gasteiger partial charge is 0.258 e. The van der Waals surface area contributed by atoms with Gasteiger partial charge in [-0.2, -0.15) is 4.98 Å². The molecule has 1 aliphatic rings. The van der Waals surface area contributed by atoms with Crippen LogP contribution in [0.1, 0.15) is 23.5 Å². The van der Waals surface area contributed by atoms with E-state index in [9.17, 15) is 14.4 Å². The maximum Gasteiger partial charge on any atom is 0.258 e. The fourth-order valence-corrected chi connectivity index (χ4v) is 4.05. The van der Waals surface area contributed by atoms with Gasteiger partial charge in [0.05, 0.1) is 32.9 Å². The number of rotatable bonds is 4. The monoisotopic (exact) mass is 491 g/mol. The number of amides is 2. The standard InChI is InChI=1S/C21H16Cl3N5O3/c1-9-2-4-14(12(23)6-9)25-19(31)11-8-16(30)27-18-17(11)20(32)29-21(28-18)26-15-5-3-10(22)7-13(15)24/h2-7,11H,8H2,1H3,(H,25,31)(H3,26,27,28,29,30,32)/t11-/m1/s1. The summed E-state index contributed by atoms with van der Waals surface area (Å²) in [4.78, 5) is 44.9. The molecule has 0 saturated carbocycles. The van der Waals surface area contributed by atoms with E-state index in [1.165, 1.54) is 6.07 Å². The number of fused-ring (bicyclic) bond motifs is 1. The van der Waals surface area contributed by atoms with Crippen molar-refractivity contribution in [1.29, 1.82) is 0 Å². The number of nitrogens with zero attached hydrogens (tertiary/aromatic N) is 1. The first kappa shape index (κ1) is 22.1. The fraction of sp³-hybridized carbons (Fsp3) is 0.143. The van der Waals surface area contributed by atoms with Gasteiger partial charge >= 0.3 is 0 Å². The molecule has 3 aromatic rings. The predicted octanol–water partition coefficient (Wildman–Crippen LogP) is 4.85. The highest BCUT2D eigenvalue weighted by atomic mass is 35.5. The molecule has 0 aliphatic carbocycles. The minimum Gasteiger partial charge on any atom is -0.324 e.